The SMILES string of the molecule is COC(=O)CC1C(=O)N(C2CCCC2)N=C1C. The molecule has 1 amide bonds. The molecule has 0 N–H and O–H groups in total. The van der Waals surface area contributed by atoms with Crippen LogP contribution in [0.2, 0.25) is 0 Å². The van der Waals surface area contributed by atoms with Crippen molar-refractivity contribution in [1.82, 2.24) is 5.01 Å². The van der Waals surface area contributed by atoms with E-state index in [4.69, 9.17) is 0 Å². The van der Waals surface area contributed by atoms with Gasteiger partial charge in [-0.1, -0.05) is 12.8 Å². The number of carbonyl (C=O) groups excluding carboxylic acids is 2. The van der Waals surface area contributed by atoms with Gasteiger partial charge < -0.3 is 4.74 Å². The lowest BCUT2D eigenvalue weighted by Gasteiger charge is -2.20. The summed E-state index contributed by atoms with van der Waals surface area (Å²) in [5, 5.41) is 5.91. The monoisotopic (exact) mass is 238 g/mol. The van der Waals surface area contributed by atoms with Crippen LogP contribution in [-0.4, -0.2) is 35.7 Å². The van der Waals surface area contributed by atoms with Crippen LogP contribution in [0.4, 0.5) is 0 Å². The first kappa shape index (κ1) is 12.1. The van der Waals surface area contributed by atoms with Crippen LogP contribution in [0.25, 0.3) is 0 Å². The van der Waals surface area contributed by atoms with E-state index in [1.807, 2.05) is 0 Å². The lowest BCUT2D eigenvalue weighted by atomic mass is 10.0. The smallest absolute Gasteiger partial charge is 0.306 e. The molecule has 1 heterocycles. The van der Waals surface area contributed by atoms with E-state index >= 15 is 0 Å². The van der Waals surface area contributed by atoms with Gasteiger partial charge in [0.1, 0.15) is 0 Å². The lowest BCUT2D eigenvalue weighted by molar-refractivity contribution is -0.145. The summed E-state index contributed by atoms with van der Waals surface area (Å²) in [5.41, 5.74) is 0.729. The van der Waals surface area contributed by atoms with Gasteiger partial charge in [-0.25, -0.2) is 5.01 Å². The highest BCUT2D eigenvalue weighted by Crippen LogP contribution is 2.29. The van der Waals surface area contributed by atoms with Crippen molar-refractivity contribution in [1.29, 1.82) is 0 Å². The van der Waals surface area contributed by atoms with E-state index in [1.165, 1.54) is 7.11 Å². The summed E-state index contributed by atoms with van der Waals surface area (Å²) in [6.45, 7) is 1.81. The van der Waals surface area contributed by atoms with Crippen molar-refractivity contribution in [2.75, 3.05) is 7.11 Å². The molecule has 5 heteroatoms. The second-order valence-electron chi connectivity index (χ2n) is 4.70. The molecule has 0 radical (unpaired) electrons. The van der Waals surface area contributed by atoms with E-state index < -0.39 is 5.92 Å². The van der Waals surface area contributed by atoms with E-state index in [9.17, 15) is 9.59 Å². The number of hydrazone groups is 1. The second kappa shape index (κ2) is 4.85. The third-order valence-electron chi connectivity index (χ3n) is 3.56. The molecule has 0 aromatic carbocycles. The van der Waals surface area contributed by atoms with Crippen LogP contribution < -0.4 is 0 Å². The second-order valence-corrected chi connectivity index (χ2v) is 4.70. The Balaban J connectivity index is 2.04. The average molecular weight is 238 g/mol. The molecule has 0 bridgehead atoms. The Morgan fingerprint density at radius 1 is 1.47 bits per heavy atom. The van der Waals surface area contributed by atoms with Gasteiger partial charge in [0.15, 0.2) is 0 Å². The van der Waals surface area contributed by atoms with Crippen LogP contribution >= 0.6 is 0 Å². The average Bonchev–Trinajstić information content (AvgIpc) is 2.92. The Kier molecular flexibility index (Phi) is 3.45. The third-order valence-corrected chi connectivity index (χ3v) is 3.56. The van der Waals surface area contributed by atoms with E-state index in [2.05, 4.69) is 9.84 Å². The van der Waals surface area contributed by atoms with Crippen LogP contribution in [0, 0.1) is 5.92 Å². The largest absolute Gasteiger partial charge is 0.469 e. The molecule has 2 rings (SSSR count). The van der Waals surface area contributed by atoms with Crippen LogP contribution in [0.15, 0.2) is 5.10 Å². The Morgan fingerprint density at radius 2 is 2.12 bits per heavy atom. The summed E-state index contributed by atoms with van der Waals surface area (Å²) in [6.07, 6.45) is 4.46. The van der Waals surface area contributed by atoms with Crippen LogP contribution in [0.3, 0.4) is 0 Å². The molecule has 1 saturated carbocycles. The molecule has 0 aromatic rings. The lowest BCUT2D eigenvalue weighted by Crippen LogP contribution is -2.35. The maximum absolute atomic E-state index is 12.2. The molecule has 1 unspecified atom stereocenters. The van der Waals surface area contributed by atoms with Crippen molar-refractivity contribution in [3.05, 3.63) is 0 Å². The minimum Gasteiger partial charge on any atom is -0.469 e. The molecule has 0 aromatic heterocycles. The topological polar surface area (TPSA) is 59.0 Å². The Labute approximate surface area is 101 Å². The minimum absolute atomic E-state index is 0.0419. The fourth-order valence-electron chi connectivity index (χ4n) is 2.52. The maximum atomic E-state index is 12.2. The zero-order chi connectivity index (χ0) is 12.4. The third kappa shape index (κ3) is 2.33. The standard InChI is InChI=1S/C12H18N2O3/c1-8-10(7-11(15)17-2)12(16)14(13-8)9-5-3-4-6-9/h9-10H,3-7H2,1-2H3. The normalized spacial score (nSPS) is 25.3. The van der Waals surface area contributed by atoms with Crippen molar-refractivity contribution in [3.8, 4) is 0 Å². The van der Waals surface area contributed by atoms with Crippen molar-refractivity contribution < 1.29 is 14.3 Å². The number of methoxy groups -OCH3 is 1. The van der Waals surface area contributed by atoms with Gasteiger partial charge in [-0.05, 0) is 19.8 Å². The fraction of sp³-hybridized carbons (Fsp3) is 0.750. The first-order chi connectivity index (χ1) is 8.13. The first-order valence-corrected chi connectivity index (χ1v) is 6.08. The maximum Gasteiger partial charge on any atom is 0.306 e. The van der Waals surface area contributed by atoms with Gasteiger partial charge in [-0.3, -0.25) is 9.59 Å². The zero-order valence-corrected chi connectivity index (χ0v) is 10.3. The van der Waals surface area contributed by atoms with Crippen LogP contribution in [0.1, 0.15) is 39.0 Å². The molecule has 1 fully saturated rings. The van der Waals surface area contributed by atoms with E-state index in [1.54, 1.807) is 11.9 Å². The summed E-state index contributed by atoms with van der Waals surface area (Å²) in [5.74, 6) is -0.811. The van der Waals surface area contributed by atoms with Gasteiger partial charge >= 0.3 is 5.97 Å². The number of esters is 1. The Morgan fingerprint density at radius 3 is 2.71 bits per heavy atom. The number of nitrogens with zero attached hydrogens (tertiary/aromatic N) is 2. The molecule has 5 nitrogen and oxygen atoms in total. The molecule has 1 aliphatic carbocycles. The Hall–Kier alpha value is -1.39. The van der Waals surface area contributed by atoms with Gasteiger partial charge in [0, 0.05) is 5.71 Å². The summed E-state index contributed by atoms with van der Waals surface area (Å²) in [7, 11) is 1.34. The summed E-state index contributed by atoms with van der Waals surface area (Å²) >= 11 is 0. The quantitative estimate of drug-likeness (QED) is 0.697. The highest BCUT2D eigenvalue weighted by atomic mass is 16.5. The predicted molar refractivity (Wildman–Crippen MR) is 62.3 cm³/mol. The summed E-state index contributed by atoms with van der Waals surface area (Å²) in [4.78, 5) is 23.4. The molecule has 1 aliphatic heterocycles. The molecule has 0 saturated heterocycles. The van der Waals surface area contributed by atoms with E-state index in [0.717, 1.165) is 31.4 Å². The number of carbonyl (C=O) groups is 2. The Bertz CT molecular complexity index is 359. The summed E-state index contributed by atoms with van der Waals surface area (Å²) < 4.78 is 4.60. The van der Waals surface area contributed by atoms with Crippen molar-refractivity contribution >= 4 is 17.6 Å². The van der Waals surface area contributed by atoms with Crippen molar-refractivity contribution in [3.63, 3.8) is 0 Å². The highest BCUT2D eigenvalue weighted by molar-refractivity contribution is 6.08. The molecular formula is C12H18N2O3. The zero-order valence-electron chi connectivity index (χ0n) is 10.3. The number of rotatable bonds is 3. The van der Waals surface area contributed by atoms with E-state index in [0.29, 0.717) is 0 Å². The molecule has 94 valence electrons. The molecule has 17 heavy (non-hydrogen) atoms. The number of hydrogen-bond acceptors (Lipinski definition) is 4. The van der Waals surface area contributed by atoms with Gasteiger partial charge in [0.25, 0.3) is 5.91 Å². The van der Waals surface area contributed by atoms with Gasteiger partial charge in [0.05, 0.1) is 25.5 Å². The first-order valence-electron chi connectivity index (χ1n) is 6.08. The van der Waals surface area contributed by atoms with Crippen molar-refractivity contribution in [2.24, 2.45) is 11.0 Å². The number of ether oxygens (including phenoxy) is 1. The number of amides is 1. The fourth-order valence-corrected chi connectivity index (χ4v) is 2.52. The predicted octanol–water partition coefficient (Wildman–Crippen LogP) is 1.33. The van der Waals surface area contributed by atoms with Gasteiger partial charge in [-0.15, -0.1) is 0 Å². The molecule has 0 spiro atoms. The molecule has 1 atom stereocenters. The van der Waals surface area contributed by atoms with Gasteiger partial charge in [0.2, 0.25) is 0 Å². The molecule has 2 aliphatic rings. The molecular weight excluding hydrogens is 220 g/mol. The van der Waals surface area contributed by atoms with Crippen LogP contribution in [0.5, 0.6) is 0 Å². The minimum atomic E-state index is -0.414. The van der Waals surface area contributed by atoms with E-state index in [-0.39, 0.29) is 24.3 Å². The number of hydrogen-bond donors (Lipinski definition) is 0. The summed E-state index contributed by atoms with van der Waals surface area (Å²) in [6, 6.07) is 0.236. The van der Waals surface area contributed by atoms with Crippen LogP contribution in [-0.2, 0) is 14.3 Å². The highest BCUT2D eigenvalue weighted by Gasteiger charge is 2.39. The van der Waals surface area contributed by atoms with Gasteiger partial charge in [-0.2, -0.15) is 5.10 Å². The van der Waals surface area contributed by atoms with Crippen molar-refractivity contribution in [2.45, 2.75) is 45.1 Å².